The van der Waals surface area contributed by atoms with Gasteiger partial charge in [-0.2, -0.15) is 0 Å². The molecular formula is C20H24N2O4S. The SMILES string of the molecule is C=CCN1C(=O)/C(=C/c2ccc(OCCCCC)c(OC)c2)C(=O)NC1=S. The molecule has 0 saturated carbocycles. The van der Waals surface area contributed by atoms with Gasteiger partial charge in [0.05, 0.1) is 13.7 Å². The third-order valence-electron chi connectivity index (χ3n) is 4.00. The highest BCUT2D eigenvalue weighted by molar-refractivity contribution is 7.80. The van der Waals surface area contributed by atoms with Gasteiger partial charge in [0.15, 0.2) is 16.6 Å². The van der Waals surface area contributed by atoms with Gasteiger partial charge in [-0.3, -0.25) is 19.8 Å². The van der Waals surface area contributed by atoms with Gasteiger partial charge in [-0.05, 0) is 42.4 Å². The van der Waals surface area contributed by atoms with Crippen LogP contribution in [0.15, 0.2) is 36.4 Å². The van der Waals surface area contributed by atoms with Crippen molar-refractivity contribution in [3.63, 3.8) is 0 Å². The van der Waals surface area contributed by atoms with Gasteiger partial charge in [-0.1, -0.05) is 31.9 Å². The fourth-order valence-electron chi connectivity index (χ4n) is 2.58. The molecule has 0 unspecified atom stereocenters. The lowest BCUT2D eigenvalue weighted by atomic mass is 10.1. The molecule has 1 heterocycles. The van der Waals surface area contributed by atoms with E-state index in [0.29, 0.717) is 23.7 Å². The number of nitrogens with one attached hydrogen (secondary N) is 1. The van der Waals surface area contributed by atoms with E-state index in [1.165, 1.54) is 11.0 Å². The molecule has 2 amide bonds. The normalized spacial score (nSPS) is 15.7. The van der Waals surface area contributed by atoms with Crippen molar-refractivity contribution in [2.75, 3.05) is 20.3 Å². The van der Waals surface area contributed by atoms with E-state index in [2.05, 4.69) is 18.8 Å². The number of nitrogens with zero attached hydrogens (tertiary/aromatic N) is 1. The minimum Gasteiger partial charge on any atom is -0.493 e. The summed E-state index contributed by atoms with van der Waals surface area (Å²) < 4.78 is 11.1. The number of hydrogen-bond acceptors (Lipinski definition) is 5. The molecule has 1 aromatic rings. The minimum absolute atomic E-state index is 0.00381. The van der Waals surface area contributed by atoms with Crippen molar-refractivity contribution in [3.8, 4) is 11.5 Å². The van der Waals surface area contributed by atoms with Crippen LogP contribution in [0.3, 0.4) is 0 Å². The summed E-state index contributed by atoms with van der Waals surface area (Å²) in [5.74, 6) is 0.194. The molecule has 1 aromatic carbocycles. The van der Waals surface area contributed by atoms with Crippen LogP contribution < -0.4 is 14.8 Å². The van der Waals surface area contributed by atoms with E-state index >= 15 is 0 Å². The quantitative estimate of drug-likeness (QED) is 0.232. The number of benzene rings is 1. The molecule has 0 atom stereocenters. The molecule has 0 aliphatic carbocycles. The lowest BCUT2D eigenvalue weighted by molar-refractivity contribution is -0.128. The first kappa shape index (κ1) is 20.6. The van der Waals surface area contributed by atoms with Crippen molar-refractivity contribution in [2.45, 2.75) is 26.2 Å². The largest absolute Gasteiger partial charge is 0.493 e. The Bertz CT molecular complexity index is 773. The monoisotopic (exact) mass is 388 g/mol. The second-order valence-corrected chi connectivity index (χ2v) is 6.37. The molecule has 2 rings (SSSR count). The van der Waals surface area contributed by atoms with Crippen LogP contribution in [-0.4, -0.2) is 42.1 Å². The van der Waals surface area contributed by atoms with E-state index in [0.717, 1.165) is 19.3 Å². The van der Waals surface area contributed by atoms with Crippen LogP contribution in [0.25, 0.3) is 6.08 Å². The third-order valence-corrected chi connectivity index (χ3v) is 4.32. The van der Waals surface area contributed by atoms with Crippen LogP contribution >= 0.6 is 12.2 Å². The Morgan fingerprint density at radius 3 is 2.70 bits per heavy atom. The number of methoxy groups -OCH3 is 1. The summed E-state index contributed by atoms with van der Waals surface area (Å²) in [6, 6.07) is 5.28. The number of ether oxygens (including phenoxy) is 2. The van der Waals surface area contributed by atoms with Crippen molar-refractivity contribution in [2.24, 2.45) is 0 Å². The highest BCUT2D eigenvalue weighted by Crippen LogP contribution is 2.29. The second kappa shape index (κ2) is 9.87. The van der Waals surface area contributed by atoms with E-state index in [1.54, 1.807) is 31.4 Å². The lowest BCUT2D eigenvalue weighted by Gasteiger charge is -2.27. The first-order valence-electron chi connectivity index (χ1n) is 8.82. The van der Waals surface area contributed by atoms with Crippen molar-refractivity contribution < 1.29 is 19.1 Å². The predicted molar refractivity (Wildman–Crippen MR) is 109 cm³/mol. The number of carbonyl (C=O) groups excluding carboxylic acids is 2. The summed E-state index contributed by atoms with van der Waals surface area (Å²) in [4.78, 5) is 26.1. The Morgan fingerprint density at radius 2 is 2.04 bits per heavy atom. The number of unbranched alkanes of at least 4 members (excludes halogenated alkanes) is 2. The number of carbonyl (C=O) groups is 2. The molecule has 1 aliphatic rings. The summed E-state index contributed by atoms with van der Waals surface area (Å²) in [6.45, 7) is 6.57. The molecule has 6 nitrogen and oxygen atoms in total. The third kappa shape index (κ3) is 5.17. The topological polar surface area (TPSA) is 67.9 Å². The van der Waals surface area contributed by atoms with Gasteiger partial charge in [-0.25, -0.2) is 0 Å². The molecule has 7 heteroatoms. The van der Waals surface area contributed by atoms with Gasteiger partial charge in [0, 0.05) is 6.54 Å². The average molecular weight is 388 g/mol. The van der Waals surface area contributed by atoms with Gasteiger partial charge in [0.2, 0.25) is 0 Å². The summed E-state index contributed by atoms with van der Waals surface area (Å²) in [6.07, 6.45) is 6.26. The molecule has 1 saturated heterocycles. The Balaban J connectivity index is 2.23. The molecule has 144 valence electrons. The maximum atomic E-state index is 12.6. The zero-order valence-corrected chi connectivity index (χ0v) is 16.4. The fourth-order valence-corrected chi connectivity index (χ4v) is 2.83. The number of amides is 2. The Morgan fingerprint density at radius 1 is 1.26 bits per heavy atom. The van der Waals surface area contributed by atoms with Gasteiger partial charge in [0.1, 0.15) is 5.57 Å². The van der Waals surface area contributed by atoms with Crippen molar-refractivity contribution in [3.05, 3.63) is 42.0 Å². The first-order chi connectivity index (χ1) is 13.0. The van der Waals surface area contributed by atoms with Crippen molar-refractivity contribution in [1.82, 2.24) is 10.2 Å². The smallest absolute Gasteiger partial charge is 0.265 e. The van der Waals surface area contributed by atoms with E-state index in [9.17, 15) is 9.59 Å². The molecule has 1 aliphatic heterocycles. The van der Waals surface area contributed by atoms with Gasteiger partial charge in [0.25, 0.3) is 11.8 Å². The van der Waals surface area contributed by atoms with Crippen LogP contribution in [0, 0.1) is 0 Å². The van der Waals surface area contributed by atoms with Gasteiger partial charge in [-0.15, -0.1) is 6.58 Å². The van der Waals surface area contributed by atoms with Crippen LogP contribution in [0.5, 0.6) is 11.5 Å². The highest BCUT2D eigenvalue weighted by atomic mass is 32.1. The molecule has 1 N–H and O–H groups in total. The Hall–Kier alpha value is -2.67. The molecule has 0 radical (unpaired) electrons. The zero-order valence-electron chi connectivity index (χ0n) is 15.6. The molecule has 27 heavy (non-hydrogen) atoms. The summed E-state index contributed by atoms with van der Waals surface area (Å²) >= 11 is 5.04. The van der Waals surface area contributed by atoms with E-state index in [-0.39, 0.29) is 17.2 Å². The molecule has 0 aromatic heterocycles. The maximum absolute atomic E-state index is 12.6. The lowest BCUT2D eigenvalue weighted by Crippen LogP contribution is -2.53. The molecule has 1 fully saturated rings. The number of thiocarbonyl (C=S) groups is 1. The molecule has 0 spiro atoms. The maximum Gasteiger partial charge on any atom is 0.265 e. The van der Waals surface area contributed by atoms with E-state index < -0.39 is 11.8 Å². The minimum atomic E-state index is -0.524. The van der Waals surface area contributed by atoms with Gasteiger partial charge < -0.3 is 9.47 Å². The van der Waals surface area contributed by atoms with Crippen LogP contribution in [0.4, 0.5) is 0 Å². The average Bonchev–Trinajstić information content (AvgIpc) is 2.66. The summed E-state index contributed by atoms with van der Waals surface area (Å²) in [7, 11) is 1.55. The highest BCUT2D eigenvalue weighted by Gasteiger charge is 2.32. The van der Waals surface area contributed by atoms with Crippen molar-refractivity contribution in [1.29, 1.82) is 0 Å². The molecular weight excluding hydrogens is 364 g/mol. The standard InChI is InChI=1S/C20H24N2O4S/c1-4-6-7-11-26-16-9-8-14(13-17(16)25-3)12-15-18(23)21-20(27)22(10-5-2)19(15)24/h5,8-9,12-13H,2,4,6-7,10-11H2,1,3H3,(H,21,23,27)/b15-12+. The van der Waals surface area contributed by atoms with E-state index in [1.807, 2.05) is 0 Å². The fraction of sp³-hybridized carbons (Fsp3) is 0.350. The van der Waals surface area contributed by atoms with Crippen LogP contribution in [0.1, 0.15) is 31.7 Å². The predicted octanol–water partition coefficient (Wildman–Crippen LogP) is 3.08. The number of rotatable bonds is 9. The number of hydrogen-bond donors (Lipinski definition) is 1. The van der Waals surface area contributed by atoms with Crippen LogP contribution in [-0.2, 0) is 9.59 Å². The van der Waals surface area contributed by atoms with Gasteiger partial charge >= 0.3 is 0 Å². The summed E-state index contributed by atoms with van der Waals surface area (Å²) in [5.41, 5.74) is 0.654. The van der Waals surface area contributed by atoms with Crippen molar-refractivity contribution >= 4 is 35.2 Å². The Kier molecular flexibility index (Phi) is 7.55. The molecule has 0 bridgehead atoms. The zero-order chi connectivity index (χ0) is 19.8. The second-order valence-electron chi connectivity index (χ2n) is 5.99. The first-order valence-corrected chi connectivity index (χ1v) is 9.23. The Labute approximate surface area is 164 Å². The van der Waals surface area contributed by atoms with E-state index in [4.69, 9.17) is 21.7 Å². The van der Waals surface area contributed by atoms with Crippen LogP contribution in [0.2, 0.25) is 0 Å². The summed E-state index contributed by atoms with van der Waals surface area (Å²) in [5, 5.41) is 2.60.